The summed E-state index contributed by atoms with van der Waals surface area (Å²) in [5, 5.41) is 15.2. The third-order valence-corrected chi connectivity index (χ3v) is 7.38. The van der Waals surface area contributed by atoms with E-state index in [9.17, 15) is 19.5 Å². The van der Waals surface area contributed by atoms with Gasteiger partial charge in [-0.3, -0.25) is 14.2 Å². The van der Waals surface area contributed by atoms with E-state index in [-0.39, 0.29) is 22.8 Å². The van der Waals surface area contributed by atoms with Crippen LogP contribution in [0.2, 0.25) is 0 Å². The van der Waals surface area contributed by atoms with E-state index < -0.39 is 11.4 Å². The molecule has 0 unspecified atom stereocenters. The minimum Gasteiger partial charge on any atom is -0.477 e. The molecular weight excluding hydrogens is 442 g/mol. The van der Waals surface area contributed by atoms with Gasteiger partial charge in [0.05, 0.1) is 11.3 Å². The van der Waals surface area contributed by atoms with Crippen LogP contribution >= 0.6 is 11.3 Å². The molecule has 10 heteroatoms. The number of amides is 1. The number of aromatic carboxylic acids is 1. The van der Waals surface area contributed by atoms with E-state index in [1.165, 1.54) is 43.2 Å². The molecule has 2 fully saturated rings. The number of aryl methyl sites for hydroxylation is 1. The van der Waals surface area contributed by atoms with Crippen LogP contribution in [-0.2, 0) is 4.79 Å². The van der Waals surface area contributed by atoms with Gasteiger partial charge >= 0.3 is 5.97 Å². The van der Waals surface area contributed by atoms with E-state index in [0.717, 1.165) is 6.54 Å². The van der Waals surface area contributed by atoms with Crippen LogP contribution in [0.15, 0.2) is 28.6 Å². The molecule has 3 aromatic heterocycles. The van der Waals surface area contributed by atoms with Crippen molar-refractivity contribution >= 4 is 40.1 Å². The fraction of sp³-hybridized carbons (Fsp3) is 0.435. The lowest BCUT2D eigenvalue weighted by atomic mass is 9.98. The lowest BCUT2D eigenvalue weighted by molar-refractivity contribution is -0.125. The molecule has 1 saturated carbocycles. The Morgan fingerprint density at radius 3 is 2.70 bits per heavy atom. The van der Waals surface area contributed by atoms with Crippen molar-refractivity contribution in [3.8, 4) is 5.13 Å². The summed E-state index contributed by atoms with van der Waals surface area (Å²) in [6.07, 6.45) is 7.81. The molecule has 172 valence electrons. The number of carbonyl (C=O) groups excluding carboxylic acids is 1. The third kappa shape index (κ3) is 3.99. The summed E-state index contributed by atoms with van der Waals surface area (Å²) in [4.78, 5) is 48.1. The summed E-state index contributed by atoms with van der Waals surface area (Å²) in [5.74, 6) is -0.0214. The highest BCUT2D eigenvalue weighted by Gasteiger charge is 2.34. The fourth-order valence-electron chi connectivity index (χ4n) is 4.71. The molecular formula is C23H25N5O4S. The van der Waals surface area contributed by atoms with Gasteiger partial charge in [-0.1, -0.05) is 12.8 Å². The Bertz CT molecular complexity index is 1270. The second-order valence-corrected chi connectivity index (χ2v) is 9.73. The molecule has 1 saturated heterocycles. The smallest absolute Gasteiger partial charge is 0.341 e. The van der Waals surface area contributed by atoms with Crippen LogP contribution < -0.4 is 15.6 Å². The van der Waals surface area contributed by atoms with Crippen molar-refractivity contribution in [2.75, 3.05) is 24.5 Å². The standard InChI is InChI=1S/C23H25N5O4S/c1-13-8-17(27-10-15(11-27)21(30)25-9-14-4-2-3-5-14)26-20-18(13)19(29)16(22(31)32)12-28(20)23-24-6-7-33-23/h6-8,12,14-15H,2-5,9-11H2,1H3,(H,25,30)(H,31,32). The van der Waals surface area contributed by atoms with Gasteiger partial charge in [0.1, 0.15) is 11.4 Å². The Balaban J connectivity index is 1.42. The van der Waals surface area contributed by atoms with Gasteiger partial charge in [0.25, 0.3) is 0 Å². The van der Waals surface area contributed by atoms with Gasteiger partial charge in [-0.2, -0.15) is 0 Å². The Labute approximate surface area is 194 Å². The summed E-state index contributed by atoms with van der Waals surface area (Å²) >= 11 is 1.33. The van der Waals surface area contributed by atoms with E-state index in [1.54, 1.807) is 29.1 Å². The first kappa shape index (κ1) is 21.6. The Morgan fingerprint density at radius 1 is 1.27 bits per heavy atom. The van der Waals surface area contributed by atoms with Crippen LogP contribution in [-0.4, -0.2) is 51.2 Å². The molecule has 1 amide bonds. The third-order valence-electron chi connectivity index (χ3n) is 6.61. The number of nitrogens with one attached hydrogen (secondary N) is 1. The zero-order valence-corrected chi connectivity index (χ0v) is 19.1. The lowest BCUT2D eigenvalue weighted by Gasteiger charge is -2.39. The van der Waals surface area contributed by atoms with Crippen molar-refractivity contribution in [2.24, 2.45) is 11.8 Å². The van der Waals surface area contributed by atoms with Gasteiger partial charge in [0.2, 0.25) is 11.3 Å². The molecule has 3 aromatic rings. The van der Waals surface area contributed by atoms with Crippen LogP contribution in [0.1, 0.15) is 41.6 Å². The average molecular weight is 468 g/mol. The molecule has 1 aliphatic heterocycles. The number of aromatic nitrogens is 3. The number of anilines is 1. The molecule has 0 radical (unpaired) electrons. The van der Waals surface area contributed by atoms with Crippen LogP contribution in [0.3, 0.4) is 0 Å². The van der Waals surface area contributed by atoms with E-state index >= 15 is 0 Å². The van der Waals surface area contributed by atoms with Gasteiger partial charge in [-0.15, -0.1) is 11.3 Å². The van der Waals surface area contributed by atoms with E-state index in [0.29, 0.717) is 41.2 Å². The summed E-state index contributed by atoms with van der Waals surface area (Å²) in [6, 6.07) is 1.79. The first-order valence-electron chi connectivity index (χ1n) is 11.1. The van der Waals surface area contributed by atoms with Crippen molar-refractivity contribution in [2.45, 2.75) is 32.6 Å². The average Bonchev–Trinajstić information content (AvgIpc) is 3.45. The second-order valence-electron chi connectivity index (χ2n) is 8.86. The Hall–Kier alpha value is -3.27. The Morgan fingerprint density at radius 2 is 2.03 bits per heavy atom. The van der Waals surface area contributed by atoms with Crippen molar-refractivity contribution < 1.29 is 14.7 Å². The Kier molecular flexibility index (Phi) is 5.61. The van der Waals surface area contributed by atoms with Crippen LogP contribution in [0, 0.1) is 18.8 Å². The number of hydrogen-bond donors (Lipinski definition) is 2. The SMILES string of the molecule is Cc1cc(N2CC(C(=O)NCC3CCCC3)C2)nc2c1c(=O)c(C(=O)O)cn2-c1nccs1. The predicted molar refractivity (Wildman–Crippen MR) is 125 cm³/mol. The zero-order valence-electron chi connectivity index (χ0n) is 18.3. The number of rotatable bonds is 6. The van der Waals surface area contributed by atoms with Gasteiger partial charge in [0.15, 0.2) is 10.8 Å². The minimum atomic E-state index is -1.29. The molecule has 0 atom stereocenters. The maximum atomic E-state index is 12.9. The highest BCUT2D eigenvalue weighted by atomic mass is 32.1. The van der Waals surface area contributed by atoms with Gasteiger partial charge in [0, 0.05) is 37.4 Å². The van der Waals surface area contributed by atoms with Gasteiger partial charge in [-0.05, 0) is 37.3 Å². The van der Waals surface area contributed by atoms with Gasteiger partial charge < -0.3 is 15.3 Å². The molecule has 2 aliphatic rings. The summed E-state index contributed by atoms with van der Waals surface area (Å²) in [6.45, 7) is 3.65. The molecule has 0 spiro atoms. The number of thiazole rings is 1. The maximum Gasteiger partial charge on any atom is 0.341 e. The summed E-state index contributed by atoms with van der Waals surface area (Å²) in [5.41, 5.74) is 0.125. The first-order valence-corrected chi connectivity index (χ1v) is 12.0. The van der Waals surface area contributed by atoms with Crippen molar-refractivity contribution in [3.63, 3.8) is 0 Å². The minimum absolute atomic E-state index is 0.0836. The number of carboxylic acid groups (broad SMARTS) is 1. The van der Waals surface area contributed by atoms with Crippen molar-refractivity contribution in [1.29, 1.82) is 0 Å². The zero-order chi connectivity index (χ0) is 23.1. The maximum absolute atomic E-state index is 12.9. The molecule has 5 rings (SSSR count). The fourth-order valence-corrected chi connectivity index (χ4v) is 5.33. The number of carboxylic acids is 1. The predicted octanol–water partition coefficient (Wildman–Crippen LogP) is 2.59. The summed E-state index contributed by atoms with van der Waals surface area (Å²) in [7, 11) is 0. The normalized spacial score (nSPS) is 16.8. The second kappa shape index (κ2) is 8.58. The largest absolute Gasteiger partial charge is 0.477 e. The highest BCUT2D eigenvalue weighted by molar-refractivity contribution is 7.12. The van der Waals surface area contributed by atoms with Crippen LogP contribution in [0.25, 0.3) is 16.2 Å². The molecule has 0 bridgehead atoms. The number of pyridine rings is 2. The van der Waals surface area contributed by atoms with Gasteiger partial charge in [-0.25, -0.2) is 14.8 Å². The molecule has 33 heavy (non-hydrogen) atoms. The number of fused-ring (bicyclic) bond motifs is 1. The van der Waals surface area contributed by atoms with E-state index in [2.05, 4.69) is 10.3 Å². The van der Waals surface area contributed by atoms with E-state index in [1.807, 2.05) is 4.90 Å². The van der Waals surface area contributed by atoms with E-state index in [4.69, 9.17) is 4.98 Å². The molecule has 0 aromatic carbocycles. The lowest BCUT2D eigenvalue weighted by Crippen LogP contribution is -2.54. The molecule has 1 aliphatic carbocycles. The summed E-state index contributed by atoms with van der Waals surface area (Å²) < 4.78 is 1.56. The van der Waals surface area contributed by atoms with Crippen LogP contribution in [0.4, 0.5) is 5.82 Å². The number of nitrogens with zero attached hydrogens (tertiary/aromatic N) is 4. The molecule has 2 N–H and O–H groups in total. The monoisotopic (exact) mass is 467 g/mol. The molecule has 9 nitrogen and oxygen atoms in total. The van der Waals surface area contributed by atoms with Crippen LogP contribution in [0.5, 0.6) is 0 Å². The quantitative estimate of drug-likeness (QED) is 0.572. The first-order chi connectivity index (χ1) is 15.9. The highest BCUT2D eigenvalue weighted by Crippen LogP contribution is 2.29. The molecule has 4 heterocycles. The number of hydrogen-bond acceptors (Lipinski definition) is 7. The number of carbonyl (C=O) groups is 2. The van der Waals surface area contributed by atoms with Crippen molar-refractivity contribution in [1.82, 2.24) is 19.9 Å². The van der Waals surface area contributed by atoms with Crippen molar-refractivity contribution in [3.05, 3.63) is 45.2 Å². The topological polar surface area (TPSA) is 117 Å².